The van der Waals surface area contributed by atoms with Crippen molar-refractivity contribution in [2.24, 2.45) is 5.41 Å². The van der Waals surface area contributed by atoms with Crippen LogP contribution < -0.4 is 4.72 Å². The van der Waals surface area contributed by atoms with Crippen LogP contribution in [0.2, 0.25) is 0 Å². The summed E-state index contributed by atoms with van der Waals surface area (Å²) < 4.78 is 27.8. The van der Waals surface area contributed by atoms with Gasteiger partial charge in [0.15, 0.2) is 0 Å². The van der Waals surface area contributed by atoms with Crippen LogP contribution in [-0.2, 0) is 16.6 Å². The van der Waals surface area contributed by atoms with Crippen molar-refractivity contribution in [2.45, 2.75) is 64.0 Å². The minimum Gasteiger partial charge on any atom is -0.391 e. The first-order valence-corrected chi connectivity index (χ1v) is 9.26. The Kier molecular flexibility index (Phi) is 4.59. The maximum absolute atomic E-state index is 12.5. The van der Waals surface area contributed by atoms with Gasteiger partial charge < -0.3 is 5.11 Å². The van der Waals surface area contributed by atoms with Crippen molar-refractivity contribution in [2.75, 3.05) is 0 Å². The molecule has 2 N–H and O–H groups in total. The van der Waals surface area contributed by atoms with Crippen molar-refractivity contribution >= 4 is 21.4 Å². The number of nitrogens with one attached hydrogen (secondary N) is 1. The fourth-order valence-corrected chi connectivity index (χ4v) is 5.72. The Balaban J connectivity index is 2.16. The predicted octanol–water partition coefficient (Wildman–Crippen LogP) is 2.80. The Morgan fingerprint density at radius 2 is 2.20 bits per heavy atom. The lowest BCUT2D eigenvalue weighted by Crippen LogP contribution is -2.40. The summed E-state index contributed by atoms with van der Waals surface area (Å²) in [6.45, 7) is 6.04. The second-order valence-corrected chi connectivity index (χ2v) is 9.39. The van der Waals surface area contributed by atoms with Gasteiger partial charge in [0.2, 0.25) is 10.0 Å². The van der Waals surface area contributed by atoms with E-state index in [1.165, 1.54) is 11.3 Å². The van der Waals surface area contributed by atoms with Crippen LogP contribution in [0.3, 0.4) is 0 Å². The van der Waals surface area contributed by atoms with Crippen LogP contribution in [0.1, 0.15) is 49.3 Å². The number of rotatable bonds is 4. The van der Waals surface area contributed by atoms with E-state index in [-0.39, 0.29) is 18.1 Å². The zero-order valence-corrected chi connectivity index (χ0v) is 13.9. The highest BCUT2D eigenvalue weighted by molar-refractivity contribution is 7.89. The largest absolute Gasteiger partial charge is 0.391 e. The number of hydrogen-bond donors (Lipinski definition) is 2. The van der Waals surface area contributed by atoms with Crippen molar-refractivity contribution in [3.8, 4) is 0 Å². The minimum absolute atomic E-state index is 0.0145. The molecule has 1 fully saturated rings. The van der Waals surface area contributed by atoms with Crippen molar-refractivity contribution in [3.05, 3.63) is 15.8 Å². The van der Waals surface area contributed by atoms with Crippen LogP contribution in [0, 0.1) is 12.3 Å². The molecular weight excluding hydrogens is 294 g/mol. The van der Waals surface area contributed by atoms with Gasteiger partial charge in [0.1, 0.15) is 0 Å². The van der Waals surface area contributed by atoms with Gasteiger partial charge in [-0.25, -0.2) is 13.1 Å². The second-order valence-electron chi connectivity index (χ2n) is 6.37. The SMILES string of the molecule is Cc1sc(CO)cc1S(=O)(=O)NC1CCCC(C)(C)C1. The summed E-state index contributed by atoms with van der Waals surface area (Å²) in [5.41, 5.74) is 0.200. The van der Waals surface area contributed by atoms with E-state index in [0.29, 0.717) is 9.77 Å². The molecule has 0 saturated heterocycles. The van der Waals surface area contributed by atoms with E-state index in [2.05, 4.69) is 18.6 Å². The Bertz CT molecular complexity index is 575. The van der Waals surface area contributed by atoms with Gasteiger partial charge in [0, 0.05) is 15.8 Å². The number of aliphatic hydroxyl groups excluding tert-OH is 1. The van der Waals surface area contributed by atoms with E-state index in [1.54, 1.807) is 13.0 Å². The van der Waals surface area contributed by atoms with E-state index in [9.17, 15) is 8.42 Å². The second kappa shape index (κ2) is 5.75. The molecule has 1 atom stereocenters. The summed E-state index contributed by atoms with van der Waals surface area (Å²) >= 11 is 1.33. The summed E-state index contributed by atoms with van der Waals surface area (Å²) in [5, 5.41) is 9.13. The first-order valence-electron chi connectivity index (χ1n) is 6.96. The molecule has 1 saturated carbocycles. The van der Waals surface area contributed by atoms with Gasteiger partial charge in [-0.15, -0.1) is 11.3 Å². The molecule has 0 aromatic carbocycles. The van der Waals surface area contributed by atoms with Crippen molar-refractivity contribution in [3.63, 3.8) is 0 Å². The van der Waals surface area contributed by atoms with E-state index in [0.717, 1.165) is 30.6 Å². The maximum atomic E-state index is 12.5. The molecule has 0 aliphatic heterocycles. The van der Waals surface area contributed by atoms with E-state index >= 15 is 0 Å². The third kappa shape index (κ3) is 3.61. The quantitative estimate of drug-likeness (QED) is 0.897. The average molecular weight is 317 g/mol. The number of thiophene rings is 1. The van der Waals surface area contributed by atoms with Crippen LogP contribution in [0.15, 0.2) is 11.0 Å². The van der Waals surface area contributed by atoms with E-state index in [4.69, 9.17) is 5.11 Å². The Labute approximate surface area is 125 Å². The molecule has 114 valence electrons. The molecule has 0 bridgehead atoms. The maximum Gasteiger partial charge on any atom is 0.241 e. The molecule has 1 heterocycles. The van der Waals surface area contributed by atoms with Crippen molar-refractivity contribution in [1.82, 2.24) is 4.72 Å². The summed E-state index contributed by atoms with van der Waals surface area (Å²) in [6.07, 6.45) is 3.99. The summed E-state index contributed by atoms with van der Waals surface area (Å²) in [6, 6.07) is 1.59. The van der Waals surface area contributed by atoms with Crippen LogP contribution in [0.5, 0.6) is 0 Å². The molecule has 6 heteroatoms. The van der Waals surface area contributed by atoms with Gasteiger partial charge >= 0.3 is 0 Å². The normalized spacial score (nSPS) is 22.9. The monoisotopic (exact) mass is 317 g/mol. The van der Waals surface area contributed by atoms with Crippen LogP contribution in [-0.4, -0.2) is 19.6 Å². The molecule has 0 spiro atoms. The zero-order chi connectivity index (χ0) is 15.0. The Hall–Kier alpha value is -0.430. The molecule has 0 amide bonds. The molecule has 1 aromatic rings. The van der Waals surface area contributed by atoms with Gasteiger partial charge in [0.25, 0.3) is 0 Å². The number of aliphatic hydroxyl groups is 1. The molecule has 2 rings (SSSR count). The summed E-state index contributed by atoms with van der Waals surface area (Å²) in [5.74, 6) is 0. The third-order valence-corrected chi connectivity index (χ3v) is 6.71. The molecule has 1 aromatic heterocycles. The lowest BCUT2D eigenvalue weighted by molar-refractivity contribution is 0.212. The van der Waals surface area contributed by atoms with Gasteiger partial charge in [-0.1, -0.05) is 20.3 Å². The first kappa shape index (κ1) is 15.9. The molecule has 1 aliphatic carbocycles. The standard InChI is InChI=1S/C14H23NO3S2/c1-10-13(7-12(9-16)19-10)20(17,18)15-11-5-4-6-14(2,3)8-11/h7,11,15-16H,4-6,8-9H2,1-3H3. The molecule has 1 unspecified atom stereocenters. The lowest BCUT2D eigenvalue weighted by Gasteiger charge is -2.35. The topological polar surface area (TPSA) is 66.4 Å². The molecule has 20 heavy (non-hydrogen) atoms. The van der Waals surface area contributed by atoms with Gasteiger partial charge in [-0.3, -0.25) is 0 Å². The van der Waals surface area contributed by atoms with Crippen LogP contribution in [0.25, 0.3) is 0 Å². The fraction of sp³-hybridized carbons (Fsp3) is 0.714. The van der Waals surface area contributed by atoms with Gasteiger partial charge in [-0.2, -0.15) is 0 Å². The van der Waals surface area contributed by atoms with Gasteiger partial charge in [0.05, 0.1) is 11.5 Å². The average Bonchev–Trinajstić information content (AvgIpc) is 2.69. The number of aryl methyl sites for hydroxylation is 1. The van der Waals surface area contributed by atoms with Crippen molar-refractivity contribution in [1.29, 1.82) is 0 Å². The van der Waals surface area contributed by atoms with Crippen molar-refractivity contribution < 1.29 is 13.5 Å². The molecule has 4 nitrogen and oxygen atoms in total. The summed E-state index contributed by atoms with van der Waals surface area (Å²) in [7, 11) is -3.48. The Morgan fingerprint density at radius 1 is 1.50 bits per heavy atom. The van der Waals surface area contributed by atoms with Crippen LogP contribution >= 0.6 is 11.3 Å². The molecule has 1 aliphatic rings. The number of sulfonamides is 1. The first-order chi connectivity index (χ1) is 9.23. The zero-order valence-electron chi connectivity index (χ0n) is 12.3. The Morgan fingerprint density at radius 3 is 2.75 bits per heavy atom. The molecular formula is C14H23NO3S2. The highest BCUT2D eigenvalue weighted by atomic mass is 32.2. The highest BCUT2D eigenvalue weighted by Gasteiger charge is 2.31. The predicted molar refractivity (Wildman–Crippen MR) is 81.3 cm³/mol. The lowest BCUT2D eigenvalue weighted by atomic mass is 9.75. The summed E-state index contributed by atoms with van der Waals surface area (Å²) in [4.78, 5) is 1.73. The van der Waals surface area contributed by atoms with Gasteiger partial charge in [-0.05, 0) is 37.7 Å². The van der Waals surface area contributed by atoms with E-state index < -0.39 is 10.0 Å². The molecule has 0 radical (unpaired) electrons. The smallest absolute Gasteiger partial charge is 0.241 e. The fourth-order valence-electron chi connectivity index (χ4n) is 2.95. The van der Waals surface area contributed by atoms with E-state index in [1.807, 2.05) is 0 Å². The third-order valence-electron chi connectivity index (χ3n) is 3.90. The minimum atomic E-state index is -3.48. The highest BCUT2D eigenvalue weighted by Crippen LogP contribution is 2.36. The number of hydrogen-bond acceptors (Lipinski definition) is 4. The van der Waals surface area contributed by atoms with Crippen LogP contribution in [0.4, 0.5) is 0 Å².